The average molecular weight is 371 g/mol. The number of para-hydroxylation sites is 1. The Kier molecular flexibility index (Phi) is 5.33. The minimum atomic E-state index is -0.382. The van der Waals surface area contributed by atoms with E-state index >= 15 is 0 Å². The van der Waals surface area contributed by atoms with Crippen LogP contribution in [0.15, 0.2) is 47.8 Å². The van der Waals surface area contributed by atoms with Gasteiger partial charge in [0.15, 0.2) is 5.13 Å². The summed E-state index contributed by atoms with van der Waals surface area (Å²) in [4.78, 5) is 15.3. The monoisotopic (exact) mass is 371 g/mol. The van der Waals surface area contributed by atoms with Gasteiger partial charge in [-0.05, 0) is 12.1 Å². The number of rotatable bonds is 7. The van der Waals surface area contributed by atoms with Crippen molar-refractivity contribution in [3.8, 4) is 22.8 Å². The Balaban J connectivity index is 1.78. The molecule has 0 radical (unpaired) electrons. The molecule has 0 unspecified atom stereocenters. The first-order valence-electron chi connectivity index (χ1n) is 7.76. The van der Waals surface area contributed by atoms with Crippen LogP contribution in [0.1, 0.15) is 5.56 Å². The minimum absolute atomic E-state index is 0.0913. The first-order chi connectivity index (χ1) is 12.6. The number of hydrogen-bond donors (Lipinski definition) is 1. The molecule has 3 rings (SSSR count). The van der Waals surface area contributed by atoms with Crippen molar-refractivity contribution < 1.29 is 14.4 Å². The molecule has 0 aliphatic carbocycles. The van der Waals surface area contributed by atoms with E-state index in [2.05, 4.69) is 10.3 Å². The molecule has 134 valence electrons. The van der Waals surface area contributed by atoms with Crippen LogP contribution in [0.4, 0.5) is 10.8 Å². The topological polar surface area (TPSA) is 86.5 Å². The first-order valence-corrected chi connectivity index (χ1v) is 8.64. The molecule has 0 amide bonds. The highest BCUT2D eigenvalue weighted by molar-refractivity contribution is 7.14. The molecule has 1 aromatic heterocycles. The highest BCUT2D eigenvalue weighted by Gasteiger charge is 2.14. The maximum atomic E-state index is 11.1. The Bertz CT molecular complexity index is 926. The maximum Gasteiger partial charge on any atom is 0.274 e. The van der Waals surface area contributed by atoms with E-state index < -0.39 is 0 Å². The summed E-state index contributed by atoms with van der Waals surface area (Å²) < 4.78 is 10.6. The van der Waals surface area contributed by atoms with Crippen LogP contribution in [-0.2, 0) is 6.54 Å². The molecule has 0 saturated carbocycles. The lowest BCUT2D eigenvalue weighted by Gasteiger charge is -2.08. The molecule has 0 spiro atoms. The van der Waals surface area contributed by atoms with Crippen LogP contribution in [-0.4, -0.2) is 24.1 Å². The van der Waals surface area contributed by atoms with Crippen LogP contribution < -0.4 is 14.8 Å². The Hall–Kier alpha value is -3.13. The second-order valence-electron chi connectivity index (χ2n) is 5.34. The van der Waals surface area contributed by atoms with Gasteiger partial charge in [0.2, 0.25) is 0 Å². The quantitative estimate of drug-likeness (QED) is 0.491. The average Bonchev–Trinajstić information content (AvgIpc) is 3.14. The van der Waals surface area contributed by atoms with Crippen molar-refractivity contribution in [1.82, 2.24) is 4.98 Å². The molecule has 1 N–H and O–H groups in total. The van der Waals surface area contributed by atoms with Gasteiger partial charge in [-0.25, -0.2) is 4.98 Å². The van der Waals surface area contributed by atoms with Crippen LogP contribution in [0.3, 0.4) is 0 Å². The van der Waals surface area contributed by atoms with Crippen LogP contribution in [0.2, 0.25) is 0 Å². The molecule has 0 aliphatic heterocycles. The zero-order chi connectivity index (χ0) is 18.5. The number of nitro groups is 1. The minimum Gasteiger partial charge on any atom is -0.497 e. The van der Waals surface area contributed by atoms with Gasteiger partial charge in [-0.2, -0.15) is 0 Å². The summed E-state index contributed by atoms with van der Waals surface area (Å²) in [5.41, 5.74) is 2.31. The lowest BCUT2D eigenvalue weighted by atomic mass is 10.1. The molecule has 0 aliphatic rings. The summed E-state index contributed by atoms with van der Waals surface area (Å²) >= 11 is 1.43. The molecule has 26 heavy (non-hydrogen) atoms. The van der Waals surface area contributed by atoms with Crippen LogP contribution in [0.25, 0.3) is 11.3 Å². The van der Waals surface area contributed by atoms with E-state index in [0.717, 1.165) is 11.3 Å². The molecular weight excluding hydrogens is 354 g/mol. The summed E-state index contributed by atoms with van der Waals surface area (Å²) in [6.45, 7) is 0.323. The van der Waals surface area contributed by atoms with E-state index in [1.54, 1.807) is 38.5 Å². The standard InChI is InChI=1S/C18H17N3O4S/c1-24-13-7-8-14(17(9-13)25-2)15-11-26-18(20-15)19-10-12-5-3-4-6-16(12)21(22)23/h3-9,11H,10H2,1-2H3,(H,19,20). The van der Waals surface area contributed by atoms with E-state index in [1.165, 1.54) is 17.4 Å². The largest absolute Gasteiger partial charge is 0.497 e. The third-order valence-corrected chi connectivity index (χ3v) is 4.61. The second-order valence-corrected chi connectivity index (χ2v) is 6.20. The molecule has 0 bridgehead atoms. The number of nitrogens with zero attached hydrogens (tertiary/aromatic N) is 2. The number of nitro benzene ring substituents is 1. The Morgan fingerprint density at radius 3 is 2.73 bits per heavy atom. The van der Waals surface area contributed by atoms with Crippen molar-refractivity contribution in [1.29, 1.82) is 0 Å². The zero-order valence-electron chi connectivity index (χ0n) is 14.3. The van der Waals surface area contributed by atoms with Gasteiger partial charge in [0.1, 0.15) is 11.5 Å². The van der Waals surface area contributed by atoms with Gasteiger partial charge in [-0.1, -0.05) is 18.2 Å². The zero-order valence-corrected chi connectivity index (χ0v) is 15.1. The van der Waals surface area contributed by atoms with Gasteiger partial charge in [-0.15, -0.1) is 11.3 Å². The number of thiazole rings is 1. The second kappa shape index (κ2) is 7.83. The van der Waals surface area contributed by atoms with Crippen molar-refractivity contribution >= 4 is 22.2 Å². The molecule has 8 heteroatoms. The van der Waals surface area contributed by atoms with Crippen molar-refractivity contribution in [2.24, 2.45) is 0 Å². The molecule has 3 aromatic rings. The molecular formula is C18H17N3O4S. The summed E-state index contributed by atoms with van der Waals surface area (Å²) in [6, 6.07) is 12.2. The molecule has 2 aromatic carbocycles. The predicted octanol–water partition coefficient (Wildman–Crippen LogP) is 4.35. The van der Waals surface area contributed by atoms with Gasteiger partial charge in [0.25, 0.3) is 5.69 Å². The van der Waals surface area contributed by atoms with E-state index in [-0.39, 0.29) is 10.6 Å². The maximum absolute atomic E-state index is 11.1. The van der Waals surface area contributed by atoms with Gasteiger partial charge < -0.3 is 14.8 Å². The fraction of sp³-hybridized carbons (Fsp3) is 0.167. The molecule has 0 fully saturated rings. The third kappa shape index (κ3) is 3.75. The number of aromatic nitrogens is 1. The summed E-state index contributed by atoms with van der Waals surface area (Å²) in [6.07, 6.45) is 0. The van der Waals surface area contributed by atoms with Crippen molar-refractivity contribution in [3.63, 3.8) is 0 Å². The highest BCUT2D eigenvalue weighted by atomic mass is 32.1. The molecule has 7 nitrogen and oxygen atoms in total. The van der Waals surface area contributed by atoms with Gasteiger partial charge in [0.05, 0.1) is 24.8 Å². The Morgan fingerprint density at radius 2 is 2.00 bits per heavy atom. The van der Waals surface area contributed by atoms with Gasteiger partial charge in [-0.3, -0.25) is 10.1 Å². The number of ether oxygens (including phenoxy) is 2. The lowest BCUT2D eigenvalue weighted by Crippen LogP contribution is -2.02. The fourth-order valence-corrected chi connectivity index (χ4v) is 3.21. The summed E-state index contributed by atoms with van der Waals surface area (Å²) in [5.74, 6) is 1.37. The lowest BCUT2D eigenvalue weighted by molar-refractivity contribution is -0.385. The molecule has 0 saturated heterocycles. The smallest absolute Gasteiger partial charge is 0.274 e. The normalized spacial score (nSPS) is 10.4. The van der Waals surface area contributed by atoms with E-state index in [4.69, 9.17) is 9.47 Å². The number of nitrogens with one attached hydrogen (secondary N) is 1. The van der Waals surface area contributed by atoms with Crippen molar-refractivity contribution in [3.05, 3.63) is 63.5 Å². The van der Waals surface area contributed by atoms with Crippen LogP contribution in [0.5, 0.6) is 11.5 Å². The summed E-state index contributed by atoms with van der Waals surface area (Å²) in [7, 11) is 3.19. The van der Waals surface area contributed by atoms with Gasteiger partial charge >= 0.3 is 0 Å². The number of anilines is 1. The number of benzene rings is 2. The van der Waals surface area contributed by atoms with Crippen molar-refractivity contribution in [2.75, 3.05) is 19.5 Å². The van der Waals surface area contributed by atoms with E-state index in [0.29, 0.717) is 28.7 Å². The predicted molar refractivity (Wildman–Crippen MR) is 101 cm³/mol. The Labute approximate surface area is 154 Å². The molecule has 1 heterocycles. The van der Waals surface area contributed by atoms with Gasteiger partial charge in [0, 0.05) is 35.2 Å². The third-order valence-electron chi connectivity index (χ3n) is 3.81. The molecule has 0 atom stereocenters. The number of hydrogen-bond acceptors (Lipinski definition) is 7. The van der Waals surface area contributed by atoms with Crippen molar-refractivity contribution in [2.45, 2.75) is 6.54 Å². The fourth-order valence-electron chi connectivity index (χ4n) is 2.50. The number of methoxy groups -OCH3 is 2. The summed E-state index contributed by atoms with van der Waals surface area (Å²) in [5, 5.41) is 16.8. The Morgan fingerprint density at radius 1 is 1.19 bits per heavy atom. The van der Waals surface area contributed by atoms with Crippen LogP contribution in [0, 0.1) is 10.1 Å². The van der Waals surface area contributed by atoms with Crippen LogP contribution >= 0.6 is 11.3 Å². The van der Waals surface area contributed by atoms with E-state index in [1.807, 2.05) is 17.5 Å². The first kappa shape index (κ1) is 17.7. The highest BCUT2D eigenvalue weighted by Crippen LogP contribution is 2.35. The van der Waals surface area contributed by atoms with E-state index in [9.17, 15) is 10.1 Å². The SMILES string of the molecule is COc1ccc(-c2csc(NCc3ccccc3[N+](=O)[O-])n2)c(OC)c1.